The predicted molar refractivity (Wildman–Crippen MR) is 228 cm³/mol. The van der Waals surface area contributed by atoms with Crippen molar-refractivity contribution in [3.05, 3.63) is 105 Å². The van der Waals surface area contributed by atoms with Crippen molar-refractivity contribution in [1.82, 2.24) is 9.88 Å². The Morgan fingerprint density at radius 1 is 1.02 bits per heavy atom. The monoisotopic (exact) mass is 840 g/mol. The van der Waals surface area contributed by atoms with E-state index in [4.69, 9.17) is 23.7 Å². The third-order valence-electron chi connectivity index (χ3n) is 13.2. The Bertz CT molecular complexity index is 2690. The molecule has 8 bridgehead atoms. The molecule has 4 aromatic carbocycles. The van der Waals surface area contributed by atoms with E-state index in [1.54, 1.807) is 24.3 Å². The van der Waals surface area contributed by atoms with Gasteiger partial charge in [0.25, 0.3) is 5.91 Å². The van der Waals surface area contributed by atoms with E-state index in [0.717, 1.165) is 58.8 Å². The van der Waals surface area contributed by atoms with E-state index in [1.165, 1.54) is 12.0 Å². The molecule has 5 N–H and O–H groups in total. The summed E-state index contributed by atoms with van der Waals surface area (Å²) in [5, 5.41) is 47.5. The molecule has 5 aromatic rings. The molecule has 10 rings (SSSR count). The molecule has 1 amide bonds. The lowest BCUT2D eigenvalue weighted by Gasteiger charge is -2.41. The number of nitrogens with zero attached hydrogens (tertiary/aromatic N) is 1. The van der Waals surface area contributed by atoms with E-state index >= 15 is 0 Å². The van der Waals surface area contributed by atoms with Gasteiger partial charge in [0, 0.05) is 47.8 Å². The van der Waals surface area contributed by atoms with Crippen molar-refractivity contribution in [2.24, 2.45) is 0 Å². The van der Waals surface area contributed by atoms with Crippen LogP contribution in [0, 0.1) is 12.0 Å². The average molecular weight is 841 g/mol. The molecular weight excluding hydrogens is 793 g/mol. The number of carbonyl (C=O) groups is 2. The molecule has 320 valence electrons. The molecule has 1 aliphatic carbocycles. The fraction of sp³-hybridized carbons (Fsp3) is 0.388. The maximum atomic E-state index is 14.8. The van der Waals surface area contributed by atoms with E-state index in [0.29, 0.717) is 40.7 Å². The van der Waals surface area contributed by atoms with Gasteiger partial charge in [-0.15, -0.1) is 0 Å². The van der Waals surface area contributed by atoms with Gasteiger partial charge in [0.1, 0.15) is 41.7 Å². The van der Waals surface area contributed by atoms with E-state index in [-0.39, 0.29) is 67.0 Å². The number of fused-ring (bicyclic) bond motifs is 5. The van der Waals surface area contributed by atoms with Crippen LogP contribution in [0.4, 0.5) is 0 Å². The van der Waals surface area contributed by atoms with Crippen LogP contribution in [0.2, 0.25) is 0 Å². The van der Waals surface area contributed by atoms with E-state index in [2.05, 4.69) is 23.1 Å². The first-order valence-corrected chi connectivity index (χ1v) is 21.4. The number of hydrogen-bond donors (Lipinski definition) is 5. The number of Topliss-reactive ketones (excluding diaryl/α,β-unsaturated/α-hetero) is 1. The molecule has 13 nitrogen and oxygen atoms in total. The van der Waals surface area contributed by atoms with E-state index in [1.807, 2.05) is 36.5 Å². The van der Waals surface area contributed by atoms with Crippen molar-refractivity contribution in [1.29, 1.82) is 0 Å². The first-order valence-electron chi connectivity index (χ1n) is 21.4. The number of H-pyrrole nitrogens is 1. The Hall–Kier alpha value is -5.88. The van der Waals surface area contributed by atoms with E-state index < -0.39 is 42.6 Å². The van der Waals surface area contributed by atoms with Crippen molar-refractivity contribution >= 4 is 39.4 Å². The molecule has 1 saturated heterocycles. The van der Waals surface area contributed by atoms with E-state index in [9.17, 15) is 30.0 Å². The van der Waals surface area contributed by atoms with Gasteiger partial charge in [-0.3, -0.25) is 9.59 Å². The van der Waals surface area contributed by atoms with Gasteiger partial charge in [-0.1, -0.05) is 43.0 Å². The lowest BCUT2D eigenvalue weighted by molar-refractivity contribution is -0.279. The van der Waals surface area contributed by atoms with Gasteiger partial charge in [0.05, 0.1) is 36.8 Å². The normalized spacial score (nSPS) is 24.9. The third kappa shape index (κ3) is 6.96. The lowest BCUT2D eigenvalue weighted by Crippen LogP contribution is -2.60. The molecule has 6 unspecified atom stereocenters. The second-order valence-corrected chi connectivity index (χ2v) is 16.9. The molecule has 1 saturated carbocycles. The zero-order valence-corrected chi connectivity index (χ0v) is 34.3. The summed E-state index contributed by atoms with van der Waals surface area (Å²) in [4.78, 5) is 33.5. The van der Waals surface area contributed by atoms with Crippen LogP contribution >= 0.6 is 0 Å². The summed E-state index contributed by atoms with van der Waals surface area (Å²) in [7, 11) is 1.53. The number of ketones is 1. The number of phenols is 1. The number of ether oxygens (including phenoxy) is 5. The Balaban J connectivity index is 1.19. The van der Waals surface area contributed by atoms with Crippen LogP contribution in [-0.2, 0) is 33.6 Å². The summed E-state index contributed by atoms with van der Waals surface area (Å²) in [6.45, 7) is -0.165. The second-order valence-electron chi connectivity index (χ2n) is 16.9. The maximum absolute atomic E-state index is 14.8. The molecule has 5 aliphatic rings. The highest BCUT2D eigenvalue weighted by Gasteiger charge is 2.48. The van der Waals surface area contributed by atoms with Gasteiger partial charge in [0.15, 0.2) is 18.0 Å². The Morgan fingerprint density at radius 2 is 1.87 bits per heavy atom. The highest BCUT2D eigenvalue weighted by molar-refractivity contribution is 6.11. The van der Waals surface area contributed by atoms with Crippen LogP contribution in [0.3, 0.4) is 0 Å². The standard InChI is InChI=1S/C49H48N2O11/c1-58-39-21-29-20-32(27-8-2-3-9-27)42-37(53)24-51-23-35-28(10-4-12-30(35)48(51)57)11-6-18-59-47-43(54)40-25-60-38(34-22-50-36-15-13-26(7-5-17-52)19-33(34)36)16-14-31(39)46(41(29)44(42)55)62-49(61-40)45(47)56/h4,10,12-16,19-22,27,38,40,43,45,47,49-50,52,54-56H,2-3,5,7-9,11,17,23-25H2,1H3. The number of aliphatic hydroxyl groups is 3. The van der Waals surface area contributed by atoms with Gasteiger partial charge in [-0.05, 0) is 95.6 Å². The number of hydrogen-bond acceptors (Lipinski definition) is 11. The zero-order valence-electron chi connectivity index (χ0n) is 34.3. The van der Waals surface area contributed by atoms with Crippen molar-refractivity contribution in [3.63, 3.8) is 0 Å². The SMILES string of the molecule is COc1cc2cc(C3CCCC3)c3c(O)c2c2c1C=CC(c1c[nH]c4ccc(CCCO)cc14)OCC1OC(O2)C(O)C(OC#CCc2cccc4c2CN(CC3=O)C4=O)C1O. The first kappa shape index (κ1) is 40.2. The average Bonchev–Trinajstić information content (AvgIpc) is 4.03. The maximum Gasteiger partial charge on any atom is 0.254 e. The molecule has 5 heterocycles. The van der Waals surface area contributed by atoms with Gasteiger partial charge >= 0.3 is 0 Å². The largest absolute Gasteiger partial charge is 0.506 e. The highest BCUT2D eigenvalue weighted by atomic mass is 16.7. The Labute approximate surface area is 357 Å². The smallest absolute Gasteiger partial charge is 0.254 e. The number of carbonyl (C=O) groups excluding carboxylic acids is 2. The molecule has 1 aromatic heterocycles. The van der Waals surface area contributed by atoms with Crippen molar-refractivity contribution in [2.75, 3.05) is 26.9 Å². The van der Waals surface area contributed by atoms with Crippen molar-refractivity contribution in [2.45, 2.75) is 94.2 Å². The van der Waals surface area contributed by atoms with Gasteiger partial charge in [-0.2, -0.15) is 0 Å². The summed E-state index contributed by atoms with van der Waals surface area (Å²) >= 11 is 0. The fourth-order valence-corrected chi connectivity index (χ4v) is 9.96. The molecular formula is C49H48N2O11. The predicted octanol–water partition coefficient (Wildman–Crippen LogP) is 5.97. The number of aryl methyl sites for hydroxylation is 1. The highest BCUT2D eigenvalue weighted by Crippen LogP contribution is 2.49. The number of phenolic OH excluding ortho intramolecular Hbond substituents is 1. The number of nitrogens with one attached hydrogen (secondary N) is 1. The Kier molecular flexibility index (Phi) is 10.7. The fourth-order valence-electron chi connectivity index (χ4n) is 9.96. The number of aromatic nitrogens is 1. The van der Waals surface area contributed by atoms with Crippen molar-refractivity contribution in [3.8, 4) is 29.3 Å². The summed E-state index contributed by atoms with van der Waals surface area (Å²) in [6, 6.07) is 15.2. The number of aromatic hydroxyl groups is 1. The number of amides is 1. The minimum atomic E-state index is -1.59. The Morgan fingerprint density at radius 3 is 2.69 bits per heavy atom. The van der Waals surface area contributed by atoms with Crippen LogP contribution in [-0.4, -0.2) is 99.6 Å². The minimum absolute atomic E-state index is 0.00954. The lowest BCUT2D eigenvalue weighted by atomic mass is 9.86. The van der Waals surface area contributed by atoms with Gasteiger partial charge in [0.2, 0.25) is 6.29 Å². The third-order valence-corrected chi connectivity index (χ3v) is 13.2. The van der Waals surface area contributed by atoms with Crippen LogP contribution in [0.25, 0.3) is 27.8 Å². The van der Waals surface area contributed by atoms with Crippen LogP contribution in [0.15, 0.2) is 60.8 Å². The molecule has 0 radical (unpaired) electrons. The number of benzene rings is 4. The van der Waals surface area contributed by atoms with Gasteiger partial charge < -0.3 is 54.0 Å². The molecule has 4 aliphatic heterocycles. The molecule has 2 fully saturated rings. The number of methoxy groups -OCH3 is 1. The molecule has 62 heavy (non-hydrogen) atoms. The summed E-state index contributed by atoms with van der Waals surface area (Å²) in [5.74, 6) is 2.41. The molecule has 6 atom stereocenters. The van der Waals surface area contributed by atoms with Crippen LogP contribution in [0.5, 0.6) is 17.2 Å². The second kappa shape index (κ2) is 16.4. The molecule has 0 spiro atoms. The molecule has 13 heteroatoms. The quantitative estimate of drug-likeness (QED) is 0.127. The van der Waals surface area contributed by atoms with Gasteiger partial charge in [-0.25, -0.2) is 0 Å². The number of aromatic amines is 1. The van der Waals surface area contributed by atoms with Crippen LogP contribution < -0.4 is 9.47 Å². The topological polar surface area (TPSA) is 180 Å². The number of aliphatic hydroxyl groups excluding tert-OH is 3. The zero-order chi connectivity index (χ0) is 42.6. The summed E-state index contributed by atoms with van der Waals surface area (Å²) < 4.78 is 31.7. The summed E-state index contributed by atoms with van der Waals surface area (Å²) in [6.07, 6.45) is 5.57. The minimum Gasteiger partial charge on any atom is -0.506 e. The summed E-state index contributed by atoms with van der Waals surface area (Å²) in [5.41, 5.74) is 5.90. The van der Waals surface area contributed by atoms with Crippen LogP contribution in [0.1, 0.15) is 98.2 Å². The van der Waals surface area contributed by atoms with Crippen molar-refractivity contribution < 1.29 is 53.7 Å². The first-order chi connectivity index (χ1) is 30.2. The number of rotatable bonds is 6.